The fourth-order valence-electron chi connectivity index (χ4n) is 3.47. The number of ether oxygens (including phenoxy) is 3. The highest BCUT2D eigenvalue weighted by Gasteiger charge is 2.46. The van der Waals surface area contributed by atoms with Gasteiger partial charge < -0.3 is 23.7 Å². The molecule has 196 valence electrons. The molecule has 1 N–H and O–H groups in total. The van der Waals surface area contributed by atoms with Gasteiger partial charge in [-0.1, -0.05) is 62.7 Å². The van der Waals surface area contributed by atoms with Crippen LogP contribution in [0, 0.1) is 11.8 Å². The van der Waals surface area contributed by atoms with Crippen molar-refractivity contribution in [3.05, 3.63) is 29.8 Å². The second-order valence-electron chi connectivity index (χ2n) is 10.8. The van der Waals surface area contributed by atoms with E-state index in [1.165, 1.54) is 0 Å². The van der Waals surface area contributed by atoms with Gasteiger partial charge in [0.1, 0.15) is 10.1 Å². The average Bonchev–Trinajstić information content (AvgIpc) is 2.76. The van der Waals surface area contributed by atoms with Crippen molar-refractivity contribution < 1.29 is 28.5 Å². The number of esters is 1. The summed E-state index contributed by atoms with van der Waals surface area (Å²) in [6, 6.07) is 7.71. The monoisotopic (exact) mass is 560 g/mol. The number of halogens is 1. The molecule has 0 saturated heterocycles. The Morgan fingerprint density at radius 2 is 1.68 bits per heavy atom. The summed E-state index contributed by atoms with van der Waals surface area (Å²) in [6.07, 6.45) is -1.38. The maximum absolute atomic E-state index is 12.5. The number of carbonyl (C=O) groups is 1. The predicted molar refractivity (Wildman–Crippen MR) is 143 cm³/mol. The van der Waals surface area contributed by atoms with Crippen LogP contribution < -0.4 is 4.74 Å². The zero-order valence-corrected chi connectivity index (χ0v) is 25.2. The summed E-state index contributed by atoms with van der Waals surface area (Å²) in [5, 5.41) is 11.3. The molecule has 0 saturated carbocycles. The molecule has 0 aliphatic rings. The van der Waals surface area contributed by atoms with Crippen molar-refractivity contribution in [2.45, 2.75) is 89.7 Å². The van der Waals surface area contributed by atoms with Gasteiger partial charge in [0.2, 0.25) is 0 Å². The molecule has 0 aliphatic heterocycles. The maximum Gasteiger partial charge on any atom is 0.325 e. The number of alkyl halides is 1. The van der Waals surface area contributed by atoms with Gasteiger partial charge in [0, 0.05) is 18.4 Å². The highest BCUT2D eigenvalue weighted by atomic mass is 79.9. The average molecular weight is 562 g/mol. The molecular weight excluding hydrogens is 516 g/mol. The van der Waals surface area contributed by atoms with Crippen molar-refractivity contribution in [1.82, 2.24) is 0 Å². The molecule has 0 fully saturated rings. The van der Waals surface area contributed by atoms with Crippen molar-refractivity contribution >= 4 is 30.2 Å². The van der Waals surface area contributed by atoms with Crippen LogP contribution in [0.5, 0.6) is 5.75 Å². The summed E-state index contributed by atoms with van der Waals surface area (Å²) in [5.74, 6) is -0.0919. The van der Waals surface area contributed by atoms with Crippen LogP contribution in [0.25, 0.3) is 0 Å². The first-order valence-electron chi connectivity index (χ1n) is 12.0. The van der Waals surface area contributed by atoms with Crippen molar-refractivity contribution in [3.8, 4) is 5.75 Å². The van der Waals surface area contributed by atoms with Crippen LogP contribution in [0.3, 0.4) is 0 Å². The lowest BCUT2D eigenvalue weighted by Gasteiger charge is -2.40. The molecule has 0 radical (unpaired) electrons. The maximum atomic E-state index is 12.5. The van der Waals surface area contributed by atoms with Gasteiger partial charge in [0.05, 0.1) is 32.5 Å². The van der Waals surface area contributed by atoms with Crippen LogP contribution in [0.4, 0.5) is 0 Å². The first-order valence-corrected chi connectivity index (χ1v) is 15.7. The highest BCUT2D eigenvalue weighted by molar-refractivity contribution is 9.10. The molecule has 1 rings (SSSR count). The Hall–Kier alpha value is -0.933. The molecule has 1 aromatic rings. The Morgan fingerprint density at radius 1 is 1.12 bits per heavy atom. The van der Waals surface area contributed by atoms with Gasteiger partial charge in [-0.2, -0.15) is 0 Å². The third kappa shape index (κ3) is 8.33. The van der Waals surface area contributed by atoms with E-state index in [1.807, 2.05) is 31.2 Å². The highest BCUT2D eigenvalue weighted by Crippen LogP contribution is 2.38. The van der Waals surface area contributed by atoms with E-state index in [2.05, 4.69) is 56.7 Å². The van der Waals surface area contributed by atoms with E-state index >= 15 is 0 Å². The minimum atomic E-state index is -1.95. The fourth-order valence-corrected chi connectivity index (χ4v) is 5.11. The van der Waals surface area contributed by atoms with Crippen molar-refractivity contribution in [2.75, 3.05) is 20.3 Å². The van der Waals surface area contributed by atoms with E-state index < -0.39 is 24.7 Å². The van der Waals surface area contributed by atoms with Gasteiger partial charge in [0.15, 0.2) is 8.32 Å². The molecular formula is C26H45BrO6Si. The SMILES string of the molecule is CCOC(=O)[C@](C)(Br)[C@@H](O)[C@@H](C)[C@@H](OCc1ccc(OC)cc1)[C@@H](C)CO[Si](C)(C)C(C)(C)C. The number of carbonyl (C=O) groups excluding carboxylic acids is 1. The summed E-state index contributed by atoms with van der Waals surface area (Å²) < 4.78 is 22.0. The second kappa shape index (κ2) is 12.9. The Bertz CT molecular complexity index is 760. The molecule has 6 nitrogen and oxygen atoms in total. The van der Waals surface area contributed by atoms with E-state index in [9.17, 15) is 9.90 Å². The summed E-state index contributed by atoms with van der Waals surface area (Å²) in [4.78, 5) is 12.5. The van der Waals surface area contributed by atoms with Crippen LogP contribution in [0.1, 0.15) is 54.0 Å². The predicted octanol–water partition coefficient (Wildman–Crippen LogP) is 5.95. The number of benzene rings is 1. The van der Waals surface area contributed by atoms with Gasteiger partial charge >= 0.3 is 5.97 Å². The number of aliphatic hydroxyl groups excluding tert-OH is 1. The van der Waals surface area contributed by atoms with Crippen molar-refractivity contribution in [1.29, 1.82) is 0 Å². The lowest BCUT2D eigenvalue weighted by Crippen LogP contribution is -2.51. The number of hydrogen-bond acceptors (Lipinski definition) is 6. The normalized spacial score (nSPS) is 17.9. The van der Waals surface area contributed by atoms with Gasteiger partial charge in [-0.05, 0) is 49.7 Å². The lowest BCUT2D eigenvalue weighted by atomic mass is 9.84. The number of methoxy groups -OCH3 is 1. The fraction of sp³-hybridized carbons (Fsp3) is 0.731. The van der Waals surface area contributed by atoms with Gasteiger partial charge in [0.25, 0.3) is 0 Å². The molecule has 34 heavy (non-hydrogen) atoms. The standard InChI is InChI=1S/C26H45BrO6Si/c1-11-31-24(29)26(7,27)23(28)19(3)22(18(2)16-33-34(9,10)25(4,5)6)32-17-20-12-14-21(30-8)15-13-20/h12-15,18-19,22-23,28H,11,16-17H2,1-10H3/t18-,19-,22-,23-,26+/m0/s1. The molecule has 0 bridgehead atoms. The van der Waals surface area contributed by atoms with E-state index in [0.717, 1.165) is 11.3 Å². The van der Waals surface area contributed by atoms with Gasteiger partial charge in [-0.3, -0.25) is 4.79 Å². The zero-order valence-electron chi connectivity index (χ0n) is 22.6. The minimum absolute atomic E-state index is 0.0116. The van der Waals surface area contributed by atoms with E-state index in [-0.39, 0.29) is 29.6 Å². The minimum Gasteiger partial charge on any atom is -0.497 e. The molecule has 0 spiro atoms. The molecule has 0 aromatic heterocycles. The third-order valence-electron chi connectivity index (χ3n) is 6.92. The largest absolute Gasteiger partial charge is 0.497 e. The zero-order chi connectivity index (χ0) is 26.3. The molecule has 1 aromatic carbocycles. The van der Waals surface area contributed by atoms with Crippen molar-refractivity contribution in [3.63, 3.8) is 0 Å². The van der Waals surface area contributed by atoms with Crippen LogP contribution in [-0.2, 0) is 25.3 Å². The molecule has 0 aliphatic carbocycles. The van der Waals surface area contributed by atoms with Crippen LogP contribution in [-0.4, -0.2) is 56.2 Å². The third-order valence-corrected chi connectivity index (χ3v) is 12.2. The Morgan fingerprint density at radius 3 is 2.15 bits per heavy atom. The van der Waals surface area contributed by atoms with Gasteiger partial charge in [-0.15, -0.1) is 0 Å². The quantitative estimate of drug-likeness (QED) is 0.182. The van der Waals surface area contributed by atoms with Gasteiger partial charge in [-0.25, -0.2) is 0 Å². The van der Waals surface area contributed by atoms with E-state index in [0.29, 0.717) is 13.2 Å². The first-order chi connectivity index (χ1) is 15.6. The number of rotatable bonds is 13. The van der Waals surface area contributed by atoms with E-state index in [4.69, 9.17) is 18.6 Å². The van der Waals surface area contributed by atoms with Crippen LogP contribution >= 0.6 is 15.9 Å². The Balaban J connectivity index is 3.10. The Kier molecular flexibility index (Phi) is 11.8. The molecule has 8 heteroatoms. The number of hydrogen-bond donors (Lipinski definition) is 1. The summed E-state index contributed by atoms with van der Waals surface area (Å²) >= 11 is 3.42. The summed E-state index contributed by atoms with van der Waals surface area (Å²) in [5.41, 5.74) is 0.997. The second-order valence-corrected chi connectivity index (χ2v) is 17.2. The Labute approximate surface area is 216 Å². The van der Waals surface area contributed by atoms with E-state index in [1.54, 1.807) is 21.0 Å². The molecule has 0 amide bonds. The molecule has 0 heterocycles. The number of aliphatic hydroxyl groups is 1. The van der Waals surface area contributed by atoms with Crippen molar-refractivity contribution in [2.24, 2.45) is 11.8 Å². The van der Waals surface area contributed by atoms with Crippen LogP contribution in [0.15, 0.2) is 24.3 Å². The summed E-state index contributed by atoms with van der Waals surface area (Å²) in [7, 11) is -0.319. The topological polar surface area (TPSA) is 74.2 Å². The molecule has 5 atom stereocenters. The summed E-state index contributed by atoms with van der Waals surface area (Å²) in [6.45, 7) is 19.6. The first kappa shape index (κ1) is 31.1. The smallest absolute Gasteiger partial charge is 0.325 e. The molecule has 0 unspecified atom stereocenters. The lowest BCUT2D eigenvalue weighted by molar-refractivity contribution is -0.151. The van der Waals surface area contributed by atoms with Crippen LogP contribution in [0.2, 0.25) is 18.1 Å².